The summed E-state index contributed by atoms with van der Waals surface area (Å²) in [5.74, 6) is -0.0744. The minimum absolute atomic E-state index is 0.0744. The summed E-state index contributed by atoms with van der Waals surface area (Å²) in [7, 11) is 0. The van der Waals surface area contributed by atoms with Gasteiger partial charge in [-0.1, -0.05) is 23.7 Å². The number of hydrogen-bond acceptors (Lipinski definition) is 5. The van der Waals surface area contributed by atoms with Gasteiger partial charge in [-0.15, -0.1) is 11.3 Å². The highest BCUT2D eigenvalue weighted by Gasteiger charge is 2.42. The monoisotopic (exact) mass is 387 g/mol. The number of carbonyl (C=O) groups is 1. The second-order valence-corrected chi connectivity index (χ2v) is 7.53. The number of hydrogen-bond donors (Lipinski definition) is 2. The molecule has 0 bridgehead atoms. The predicted molar refractivity (Wildman–Crippen MR) is 103 cm³/mol. The van der Waals surface area contributed by atoms with E-state index in [1.165, 1.54) is 11.3 Å². The molecule has 26 heavy (non-hydrogen) atoms. The van der Waals surface area contributed by atoms with Crippen molar-refractivity contribution in [1.29, 1.82) is 0 Å². The molecule has 1 fully saturated rings. The number of rotatable bonds is 4. The van der Waals surface area contributed by atoms with Gasteiger partial charge in [0.2, 0.25) is 0 Å². The molecule has 0 unspecified atom stereocenters. The summed E-state index contributed by atoms with van der Waals surface area (Å²) in [6.07, 6.45) is 4.93. The molecule has 1 amide bonds. The lowest BCUT2D eigenvalue weighted by atomic mass is 9.87. The first-order chi connectivity index (χ1) is 12.7. The quantitative estimate of drug-likeness (QED) is 0.719. The van der Waals surface area contributed by atoms with Gasteiger partial charge in [0.1, 0.15) is 5.54 Å². The normalized spacial score (nSPS) is 16.3. The van der Waals surface area contributed by atoms with E-state index in [2.05, 4.69) is 20.7 Å². The fraction of sp³-hybridized carbons (Fsp3) is 0.278. The molecule has 2 aromatic heterocycles. The first-order valence-corrected chi connectivity index (χ1v) is 9.67. The van der Waals surface area contributed by atoms with Gasteiger partial charge >= 0.3 is 0 Å². The third kappa shape index (κ3) is 3.25. The van der Waals surface area contributed by atoms with Crippen molar-refractivity contribution in [2.24, 2.45) is 0 Å². The lowest BCUT2D eigenvalue weighted by Gasteiger charge is -2.36. The number of aromatic nitrogens is 3. The lowest BCUT2D eigenvalue weighted by Crippen LogP contribution is -2.52. The predicted octanol–water partition coefficient (Wildman–Crippen LogP) is 3.38. The van der Waals surface area contributed by atoms with E-state index >= 15 is 0 Å². The summed E-state index contributed by atoms with van der Waals surface area (Å²) in [5, 5.41) is 13.8. The van der Waals surface area contributed by atoms with Crippen molar-refractivity contribution >= 4 is 34.0 Å². The van der Waals surface area contributed by atoms with E-state index in [0.29, 0.717) is 23.0 Å². The van der Waals surface area contributed by atoms with Crippen LogP contribution in [-0.4, -0.2) is 33.8 Å². The van der Waals surface area contributed by atoms with Gasteiger partial charge in [0.05, 0.1) is 5.69 Å². The maximum atomic E-state index is 13.1. The highest BCUT2D eigenvalue weighted by Crippen LogP contribution is 2.31. The van der Waals surface area contributed by atoms with Crippen LogP contribution in [0.3, 0.4) is 0 Å². The van der Waals surface area contributed by atoms with Crippen molar-refractivity contribution in [2.45, 2.75) is 18.4 Å². The summed E-state index contributed by atoms with van der Waals surface area (Å²) in [5.41, 5.74) is 1.04. The van der Waals surface area contributed by atoms with E-state index < -0.39 is 5.54 Å². The van der Waals surface area contributed by atoms with Crippen LogP contribution in [0.5, 0.6) is 0 Å². The van der Waals surface area contributed by atoms with Crippen LogP contribution in [-0.2, 0) is 10.3 Å². The Hall–Kier alpha value is -2.22. The van der Waals surface area contributed by atoms with Crippen LogP contribution in [0.2, 0.25) is 5.02 Å². The highest BCUT2D eigenvalue weighted by molar-refractivity contribution is 7.14. The molecule has 6 nitrogen and oxygen atoms in total. The molecule has 0 atom stereocenters. The molecule has 1 aromatic carbocycles. The SMILES string of the molecule is O=C(Nc1nc(-c2cccc(Cl)c2)cs1)C1(n2cccn2)CCNCC1. The standard InChI is InChI=1S/C18H18ClN5OS/c19-14-4-1-3-13(11-14)15-12-26-17(22-15)23-16(25)18(5-8-20-9-6-18)24-10-2-7-21-24/h1-4,7,10-12,20H,5-6,8-9H2,(H,22,23,25). The summed E-state index contributed by atoms with van der Waals surface area (Å²) < 4.78 is 1.77. The minimum atomic E-state index is -0.684. The third-order valence-electron chi connectivity index (χ3n) is 4.64. The number of carbonyl (C=O) groups excluding carboxylic acids is 1. The van der Waals surface area contributed by atoms with E-state index in [9.17, 15) is 4.79 Å². The van der Waals surface area contributed by atoms with Crippen molar-refractivity contribution in [3.05, 3.63) is 53.1 Å². The fourth-order valence-electron chi connectivity index (χ4n) is 3.25. The zero-order valence-electron chi connectivity index (χ0n) is 14.0. The topological polar surface area (TPSA) is 71.8 Å². The first kappa shape index (κ1) is 17.2. The molecule has 4 rings (SSSR count). The number of anilines is 1. The van der Waals surface area contributed by atoms with E-state index in [1.807, 2.05) is 41.9 Å². The highest BCUT2D eigenvalue weighted by atomic mass is 35.5. The smallest absolute Gasteiger partial charge is 0.254 e. The molecule has 0 aliphatic carbocycles. The number of amides is 1. The van der Waals surface area contributed by atoms with E-state index in [4.69, 9.17) is 11.6 Å². The molecule has 3 aromatic rings. The van der Waals surface area contributed by atoms with Crippen LogP contribution in [0.15, 0.2) is 48.1 Å². The molecule has 1 aliphatic heterocycles. The Morgan fingerprint density at radius 1 is 1.31 bits per heavy atom. The lowest BCUT2D eigenvalue weighted by molar-refractivity contribution is -0.126. The van der Waals surface area contributed by atoms with Crippen molar-refractivity contribution in [3.63, 3.8) is 0 Å². The van der Waals surface area contributed by atoms with Crippen LogP contribution in [0.4, 0.5) is 5.13 Å². The Kier molecular flexibility index (Phi) is 4.76. The molecule has 134 valence electrons. The second-order valence-electron chi connectivity index (χ2n) is 6.23. The second kappa shape index (κ2) is 7.19. The van der Waals surface area contributed by atoms with Gasteiger partial charge in [0, 0.05) is 28.4 Å². The molecule has 3 heterocycles. The maximum Gasteiger partial charge on any atom is 0.254 e. The number of piperidine rings is 1. The van der Waals surface area contributed by atoms with Crippen molar-refractivity contribution in [1.82, 2.24) is 20.1 Å². The largest absolute Gasteiger partial charge is 0.317 e. The van der Waals surface area contributed by atoms with Crippen molar-refractivity contribution in [3.8, 4) is 11.3 Å². The minimum Gasteiger partial charge on any atom is -0.317 e. The Bertz CT molecular complexity index is 902. The zero-order valence-corrected chi connectivity index (χ0v) is 15.6. The Morgan fingerprint density at radius 2 is 2.15 bits per heavy atom. The fourth-order valence-corrected chi connectivity index (χ4v) is 4.15. The number of benzene rings is 1. The number of halogens is 1. The summed E-state index contributed by atoms with van der Waals surface area (Å²) >= 11 is 7.46. The molecule has 1 saturated heterocycles. The summed E-state index contributed by atoms with van der Waals surface area (Å²) in [6.45, 7) is 1.55. The Labute approximate surface area is 160 Å². The molecule has 0 radical (unpaired) electrons. The molecule has 0 spiro atoms. The summed E-state index contributed by atoms with van der Waals surface area (Å²) in [4.78, 5) is 17.7. The first-order valence-electron chi connectivity index (χ1n) is 8.41. The van der Waals surface area contributed by atoms with Gasteiger partial charge in [0.15, 0.2) is 5.13 Å². The summed E-state index contributed by atoms with van der Waals surface area (Å²) in [6, 6.07) is 9.37. The van der Waals surface area contributed by atoms with Gasteiger partial charge in [-0.2, -0.15) is 5.10 Å². The van der Waals surface area contributed by atoms with Gasteiger partial charge in [-0.3, -0.25) is 14.8 Å². The molecule has 8 heteroatoms. The average Bonchev–Trinajstić information content (AvgIpc) is 3.34. The van der Waals surface area contributed by atoms with Crippen LogP contribution < -0.4 is 10.6 Å². The van der Waals surface area contributed by atoms with Gasteiger partial charge in [-0.05, 0) is 44.1 Å². The molecule has 0 saturated carbocycles. The average molecular weight is 388 g/mol. The van der Waals surface area contributed by atoms with Crippen LogP contribution >= 0.6 is 22.9 Å². The van der Waals surface area contributed by atoms with Crippen LogP contribution in [0, 0.1) is 0 Å². The number of thiazole rings is 1. The number of nitrogens with zero attached hydrogens (tertiary/aromatic N) is 3. The third-order valence-corrected chi connectivity index (χ3v) is 5.63. The van der Waals surface area contributed by atoms with Crippen molar-refractivity contribution in [2.75, 3.05) is 18.4 Å². The van der Waals surface area contributed by atoms with E-state index in [-0.39, 0.29) is 5.91 Å². The van der Waals surface area contributed by atoms with Crippen molar-refractivity contribution < 1.29 is 4.79 Å². The molecular formula is C18H18ClN5OS. The number of nitrogens with one attached hydrogen (secondary N) is 2. The van der Waals surface area contributed by atoms with Gasteiger partial charge < -0.3 is 5.32 Å². The molecule has 1 aliphatic rings. The van der Waals surface area contributed by atoms with Crippen LogP contribution in [0.1, 0.15) is 12.8 Å². The molecule has 2 N–H and O–H groups in total. The Balaban J connectivity index is 1.57. The Morgan fingerprint density at radius 3 is 2.88 bits per heavy atom. The van der Waals surface area contributed by atoms with Gasteiger partial charge in [0.25, 0.3) is 5.91 Å². The van der Waals surface area contributed by atoms with E-state index in [1.54, 1.807) is 10.9 Å². The van der Waals surface area contributed by atoms with E-state index in [0.717, 1.165) is 24.3 Å². The zero-order chi connectivity index (χ0) is 18.0. The maximum absolute atomic E-state index is 13.1. The van der Waals surface area contributed by atoms with Crippen LogP contribution in [0.25, 0.3) is 11.3 Å². The van der Waals surface area contributed by atoms with Gasteiger partial charge in [-0.25, -0.2) is 4.98 Å². The molecular weight excluding hydrogens is 370 g/mol.